The van der Waals surface area contributed by atoms with Gasteiger partial charge in [0.15, 0.2) is 0 Å². The van der Waals surface area contributed by atoms with E-state index in [4.69, 9.17) is 4.74 Å². The van der Waals surface area contributed by atoms with Crippen LogP contribution < -0.4 is 9.64 Å². The van der Waals surface area contributed by atoms with E-state index in [2.05, 4.69) is 0 Å². The molecule has 5 fully saturated rings. The van der Waals surface area contributed by atoms with Gasteiger partial charge in [-0.15, -0.1) is 11.3 Å². The van der Waals surface area contributed by atoms with Crippen molar-refractivity contribution in [3.05, 3.63) is 46.7 Å². The van der Waals surface area contributed by atoms with Crippen molar-refractivity contribution in [2.24, 2.45) is 23.2 Å². The number of carbonyl (C=O) groups excluding carboxylic acids is 4. The van der Waals surface area contributed by atoms with Crippen LogP contribution in [0.5, 0.6) is 5.75 Å². The monoisotopic (exact) mass is 506 g/mol. The van der Waals surface area contributed by atoms with Crippen molar-refractivity contribution in [2.45, 2.75) is 64.5 Å². The predicted molar refractivity (Wildman–Crippen MR) is 134 cm³/mol. The Morgan fingerprint density at radius 3 is 2.22 bits per heavy atom. The van der Waals surface area contributed by atoms with Gasteiger partial charge >= 0.3 is 5.97 Å². The minimum atomic E-state index is -0.812. The molecular weight excluding hydrogens is 476 g/mol. The molecule has 36 heavy (non-hydrogen) atoms. The number of nitrogens with zero attached hydrogens (tertiary/aromatic N) is 2. The van der Waals surface area contributed by atoms with E-state index in [9.17, 15) is 19.2 Å². The molecule has 4 bridgehead atoms. The van der Waals surface area contributed by atoms with Gasteiger partial charge < -0.3 is 9.64 Å². The summed E-state index contributed by atoms with van der Waals surface area (Å²) in [5.41, 5.74) is 0.0239. The molecular formula is C28H30N2O5S. The van der Waals surface area contributed by atoms with E-state index in [-0.39, 0.29) is 24.1 Å². The van der Waals surface area contributed by atoms with Gasteiger partial charge in [0.2, 0.25) is 11.8 Å². The van der Waals surface area contributed by atoms with Crippen molar-refractivity contribution < 1.29 is 23.9 Å². The zero-order valence-corrected chi connectivity index (χ0v) is 21.2. The number of ether oxygens (including phenoxy) is 1. The molecule has 1 aromatic carbocycles. The zero-order valence-electron chi connectivity index (χ0n) is 20.4. The molecule has 0 radical (unpaired) electrons. The summed E-state index contributed by atoms with van der Waals surface area (Å²) in [5, 5.41) is 1.97. The number of hydrogen-bond donors (Lipinski definition) is 0. The Labute approximate surface area is 214 Å². The summed E-state index contributed by atoms with van der Waals surface area (Å²) in [6, 6.07) is 9.45. The summed E-state index contributed by atoms with van der Waals surface area (Å²) >= 11 is 1.56. The molecule has 1 unspecified atom stereocenters. The number of esters is 1. The van der Waals surface area contributed by atoms with Crippen LogP contribution in [-0.2, 0) is 25.7 Å². The average Bonchev–Trinajstić information content (AvgIpc) is 3.44. The Morgan fingerprint density at radius 1 is 1.03 bits per heavy atom. The van der Waals surface area contributed by atoms with E-state index < -0.39 is 17.4 Å². The maximum Gasteiger partial charge on any atom is 0.308 e. The third kappa shape index (κ3) is 4.05. The first-order valence-electron chi connectivity index (χ1n) is 12.8. The van der Waals surface area contributed by atoms with Crippen LogP contribution in [0.4, 0.5) is 5.69 Å². The fourth-order valence-electron chi connectivity index (χ4n) is 7.53. The maximum atomic E-state index is 14.4. The van der Waals surface area contributed by atoms with Crippen molar-refractivity contribution in [1.29, 1.82) is 0 Å². The van der Waals surface area contributed by atoms with Crippen molar-refractivity contribution in [3.8, 4) is 5.75 Å². The van der Waals surface area contributed by atoms with Crippen molar-refractivity contribution in [1.82, 2.24) is 4.90 Å². The van der Waals surface area contributed by atoms with Crippen LogP contribution in [0, 0.1) is 23.2 Å². The van der Waals surface area contributed by atoms with Gasteiger partial charge in [-0.05, 0) is 92.0 Å². The maximum absolute atomic E-state index is 14.4. The molecule has 2 aromatic rings. The third-order valence-electron chi connectivity index (χ3n) is 8.51. The minimum absolute atomic E-state index is 0.0198. The van der Waals surface area contributed by atoms with E-state index in [0.29, 0.717) is 35.7 Å². The van der Waals surface area contributed by atoms with Crippen LogP contribution in [0.1, 0.15) is 56.7 Å². The first-order chi connectivity index (χ1) is 17.3. The van der Waals surface area contributed by atoms with Gasteiger partial charge in [0.1, 0.15) is 11.8 Å². The molecule has 1 atom stereocenters. The fourth-order valence-corrected chi connectivity index (χ4v) is 8.23. The highest BCUT2D eigenvalue weighted by Crippen LogP contribution is 2.60. The predicted octanol–water partition coefficient (Wildman–Crippen LogP) is 4.55. The van der Waals surface area contributed by atoms with Gasteiger partial charge in [-0.3, -0.25) is 19.2 Å². The largest absolute Gasteiger partial charge is 0.427 e. The molecule has 7 rings (SSSR count). The van der Waals surface area contributed by atoms with Crippen LogP contribution in [-0.4, -0.2) is 34.6 Å². The average molecular weight is 507 g/mol. The number of carbonyl (C=O) groups is 4. The SMILES string of the molecule is CC(=O)Oc1ccc(N2C(=O)CC(N(Cc3cccs3)C(=O)C34CC5CC(CC(C5)C3)C4)C2=O)cc1. The lowest BCUT2D eigenvalue weighted by Gasteiger charge is -2.56. The van der Waals surface area contributed by atoms with Gasteiger partial charge in [0.25, 0.3) is 5.91 Å². The van der Waals surface area contributed by atoms with Crippen LogP contribution in [0.15, 0.2) is 41.8 Å². The second kappa shape index (κ2) is 8.83. The van der Waals surface area contributed by atoms with Crippen LogP contribution >= 0.6 is 11.3 Å². The summed E-state index contributed by atoms with van der Waals surface area (Å²) < 4.78 is 5.07. The number of hydrogen-bond acceptors (Lipinski definition) is 6. The Balaban J connectivity index is 1.29. The second-order valence-electron chi connectivity index (χ2n) is 11.1. The highest BCUT2D eigenvalue weighted by Gasteiger charge is 2.57. The summed E-state index contributed by atoms with van der Waals surface area (Å²) in [6.45, 7) is 1.66. The fraction of sp³-hybridized carbons (Fsp3) is 0.500. The molecule has 0 spiro atoms. The topological polar surface area (TPSA) is 84.0 Å². The Bertz CT molecular complexity index is 1170. The van der Waals surface area contributed by atoms with E-state index in [0.717, 1.165) is 24.1 Å². The van der Waals surface area contributed by atoms with E-state index in [1.165, 1.54) is 31.1 Å². The summed E-state index contributed by atoms with van der Waals surface area (Å²) in [7, 11) is 0. The van der Waals surface area contributed by atoms with Gasteiger partial charge in [0.05, 0.1) is 24.1 Å². The Morgan fingerprint density at radius 2 is 1.67 bits per heavy atom. The lowest BCUT2D eigenvalue weighted by Crippen LogP contribution is -2.57. The molecule has 5 aliphatic rings. The summed E-state index contributed by atoms with van der Waals surface area (Å²) in [6.07, 6.45) is 6.41. The molecule has 1 aliphatic heterocycles. The molecule has 8 heteroatoms. The smallest absolute Gasteiger partial charge is 0.308 e. The molecule has 1 aromatic heterocycles. The lowest BCUT2D eigenvalue weighted by molar-refractivity contribution is -0.162. The van der Waals surface area contributed by atoms with Crippen molar-refractivity contribution in [2.75, 3.05) is 4.90 Å². The number of thiophene rings is 1. The van der Waals surface area contributed by atoms with E-state index >= 15 is 0 Å². The number of imide groups is 1. The van der Waals surface area contributed by atoms with Gasteiger partial charge in [-0.25, -0.2) is 4.90 Å². The lowest BCUT2D eigenvalue weighted by atomic mass is 9.49. The second-order valence-corrected chi connectivity index (χ2v) is 12.1. The molecule has 7 nitrogen and oxygen atoms in total. The number of amides is 3. The molecule has 2 heterocycles. The zero-order chi connectivity index (χ0) is 25.0. The van der Waals surface area contributed by atoms with Crippen LogP contribution in [0.3, 0.4) is 0 Å². The standard InChI is InChI=1S/C28H30N2O5S/c1-17(31)35-22-6-4-21(5-7-22)30-25(32)12-24(26(30)33)29(16-23-3-2-8-36-23)27(34)28-13-18-9-19(14-28)11-20(10-18)15-28/h2-8,18-20,24H,9-16H2,1H3. The normalized spacial score (nSPS) is 30.6. The highest BCUT2D eigenvalue weighted by molar-refractivity contribution is 7.09. The van der Waals surface area contributed by atoms with Crippen molar-refractivity contribution in [3.63, 3.8) is 0 Å². The molecule has 188 valence electrons. The summed E-state index contributed by atoms with van der Waals surface area (Å²) in [4.78, 5) is 56.3. The first kappa shape index (κ1) is 23.4. The minimum Gasteiger partial charge on any atom is -0.427 e. The quantitative estimate of drug-likeness (QED) is 0.326. The number of anilines is 1. The number of benzene rings is 1. The van der Waals surface area contributed by atoms with Crippen LogP contribution in [0.2, 0.25) is 0 Å². The third-order valence-corrected chi connectivity index (χ3v) is 9.38. The molecule has 1 saturated heterocycles. The molecule has 3 amide bonds. The van der Waals surface area contributed by atoms with E-state index in [1.807, 2.05) is 17.5 Å². The molecule has 0 N–H and O–H groups in total. The Hall–Kier alpha value is -3.00. The van der Waals surface area contributed by atoms with Gasteiger partial charge in [-0.1, -0.05) is 6.07 Å². The van der Waals surface area contributed by atoms with Gasteiger partial charge in [0, 0.05) is 11.8 Å². The van der Waals surface area contributed by atoms with Crippen molar-refractivity contribution >= 4 is 40.7 Å². The molecule has 4 saturated carbocycles. The molecule has 4 aliphatic carbocycles. The van der Waals surface area contributed by atoms with E-state index in [1.54, 1.807) is 40.5 Å². The number of rotatable bonds is 6. The highest BCUT2D eigenvalue weighted by atomic mass is 32.1. The Kier molecular flexibility index (Phi) is 5.74. The first-order valence-corrected chi connectivity index (χ1v) is 13.7. The summed E-state index contributed by atoms with van der Waals surface area (Å²) in [5.74, 6) is 1.11. The van der Waals surface area contributed by atoms with Crippen LogP contribution in [0.25, 0.3) is 0 Å². The van der Waals surface area contributed by atoms with Gasteiger partial charge in [-0.2, -0.15) is 0 Å².